The first-order chi connectivity index (χ1) is 39.6. The molecular weight excluding hydrogens is 1020 g/mol. The van der Waals surface area contributed by atoms with Crippen LogP contribution >= 0.6 is 0 Å². The normalized spacial score (nSPS) is 18.6. The lowest BCUT2D eigenvalue weighted by Crippen LogP contribution is -2.61. The Kier molecular flexibility index (Phi) is 50.9. The van der Waals surface area contributed by atoms with Crippen LogP contribution in [0.3, 0.4) is 0 Å². The van der Waals surface area contributed by atoms with E-state index in [1.807, 2.05) is 30.4 Å². The Bertz CT molecular complexity index is 1870. The number of aliphatic carboxylic acids is 1. The molecule has 12 heteroatoms. The van der Waals surface area contributed by atoms with Gasteiger partial charge in [0.05, 0.1) is 13.0 Å². The second kappa shape index (κ2) is 55.6. The average molecular weight is 1130 g/mol. The number of hydrogen-bond donors (Lipinski definition) is 3. The van der Waals surface area contributed by atoms with Gasteiger partial charge in [0.2, 0.25) is 0 Å². The molecule has 0 amide bonds. The maximum Gasteiger partial charge on any atom is 0.335 e. The van der Waals surface area contributed by atoms with Crippen LogP contribution in [0.25, 0.3) is 0 Å². The van der Waals surface area contributed by atoms with Gasteiger partial charge >= 0.3 is 23.9 Å². The zero-order chi connectivity index (χ0) is 58.9. The molecule has 12 nitrogen and oxygen atoms in total. The van der Waals surface area contributed by atoms with Gasteiger partial charge in [0, 0.05) is 12.8 Å². The second-order valence-corrected chi connectivity index (χ2v) is 21.0. The molecule has 81 heavy (non-hydrogen) atoms. The summed E-state index contributed by atoms with van der Waals surface area (Å²) in [5, 5.41) is 31.6. The Balaban J connectivity index is 2.74. The minimum absolute atomic E-state index is 0.0420. The van der Waals surface area contributed by atoms with Crippen LogP contribution in [-0.4, -0.2) is 89.2 Å². The molecule has 1 saturated heterocycles. The van der Waals surface area contributed by atoms with Gasteiger partial charge in [0.1, 0.15) is 18.8 Å². The lowest BCUT2D eigenvalue weighted by atomic mass is 9.98. The Hall–Kier alpha value is -4.88. The summed E-state index contributed by atoms with van der Waals surface area (Å²) in [6.45, 7) is 5.64. The summed E-state index contributed by atoms with van der Waals surface area (Å²) >= 11 is 0. The standard InChI is InChI=1S/C69H110O12/c1-4-7-10-13-16-19-22-25-28-30-31-33-36-39-42-45-48-51-54-57-63(72)80-67-65(74)64(73)66(68(75)76)81-69(67)78-59-60(79-62(71)56-53-50-47-44-41-38-34-27-24-21-18-15-12-9-6-3)58-77-61(70)55-52-49-46-43-40-37-35-32-29-26-23-20-17-14-11-8-5-2/h8-9,11-12,17-18,20-21,26-27,29,34-35,37,41,43-44,46,50,53,60,64-67,69,73-74H,4-7,10,13-16,19,22-25,28,30-33,36,38-40,42,45,47-49,51-52,54-59H2,1-3H3,(H,75,76)/b11-8-,12-9-,20-17-,21-18-,29-26-,34-27-,37-35-,44-41-,46-43-,53-50-. The number of ether oxygens (including phenoxy) is 5. The predicted molar refractivity (Wildman–Crippen MR) is 330 cm³/mol. The number of hydrogen-bond acceptors (Lipinski definition) is 11. The van der Waals surface area contributed by atoms with Crippen LogP contribution in [0.2, 0.25) is 0 Å². The monoisotopic (exact) mass is 1130 g/mol. The van der Waals surface area contributed by atoms with E-state index in [2.05, 4.69) is 106 Å². The maximum atomic E-state index is 13.1. The lowest BCUT2D eigenvalue weighted by molar-refractivity contribution is -0.301. The van der Waals surface area contributed by atoms with Crippen molar-refractivity contribution in [3.05, 3.63) is 122 Å². The number of rotatable bonds is 52. The average Bonchev–Trinajstić information content (AvgIpc) is 3.53. The van der Waals surface area contributed by atoms with Crippen molar-refractivity contribution >= 4 is 23.9 Å². The highest BCUT2D eigenvalue weighted by Gasteiger charge is 2.50. The smallest absolute Gasteiger partial charge is 0.335 e. The molecule has 0 aliphatic carbocycles. The van der Waals surface area contributed by atoms with E-state index in [1.54, 1.807) is 6.08 Å². The molecule has 1 aliphatic heterocycles. The third kappa shape index (κ3) is 45.3. The van der Waals surface area contributed by atoms with E-state index in [1.165, 1.54) is 89.9 Å². The Morgan fingerprint density at radius 2 is 0.815 bits per heavy atom. The summed E-state index contributed by atoms with van der Waals surface area (Å²) < 4.78 is 28.3. The second-order valence-electron chi connectivity index (χ2n) is 21.0. The van der Waals surface area contributed by atoms with Crippen LogP contribution < -0.4 is 0 Å². The van der Waals surface area contributed by atoms with E-state index in [0.717, 1.165) is 83.5 Å². The molecule has 0 radical (unpaired) electrons. The van der Waals surface area contributed by atoms with Gasteiger partial charge < -0.3 is 39.0 Å². The molecular formula is C69H110O12. The molecule has 0 spiro atoms. The molecule has 1 aliphatic rings. The third-order valence-corrected chi connectivity index (χ3v) is 13.6. The summed E-state index contributed by atoms with van der Waals surface area (Å²) in [6.07, 6.45) is 64.9. The summed E-state index contributed by atoms with van der Waals surface area (Å²) in [7, 11) is 0. The van der Waals surface area contributed by atoms with Crippen molar-refractivity contribution in [1.82, 2.24) is 0 Å². The van der Waals surface area contributed by atoms with Gasteiger partial charge in [-0.1, -0.05) is 258 Å². The van der Waals surface area contributed by atoms with E-state index in [9.17, 15) is 34.5 Å². The zero-order valence-electron chi connectivity index (χ0n) is 50.5. The molecule has 0 bridgehead atoms. The molecule has 6 unspecified atom stereocenters. The highest BCUT2D eigenvalue weighted by Crippen LogP contribution is 2.26. The SMILES string of the molecule is CC/C=C\C/C=C\C/C=C\C/C=C\C/C=C\CCCC(=O)OCC(COC1OC(C(=O)O)C(O)C(O)C1OC(=O)CCCCCCCCCCCCCCCCCCCCC)OC(=O)C/C=C\C/C=C\C/C=C\C/C=C\C/C=C\CC. The van der Waals surface area contributed by atoms with E-state index in [-0.39, 0.29) is 25.9 Å². The van der Waals surface area contributed by atoms with Crippen LogP contribution in [0.4, 0.5) is 0 Å². The Labute approximate surface area is 490 Å². The molecule has 1 rings (SSSR count). The number of carboxylic acids is 1. The summed E-state index contributed by atoms with van der Waals surface area (Å²) in [4.78, 5) is 51.2. The first-order valence-corrected chi connectivity index (χ1v) is 31.5. The Morgan fingerprint density at radius 1 is 0.432 bits per heavy atom. The van der Waals surface area contributed by atoms with Gasteiger partial charge in [-0.3, -0.25) is 14.4 Å². The first kappa shape index (κ1) is 74.1. The van der Waals surface area contributed by atoms with Gasteiger partial charge in [-0.25, -0.2) is 4.79 Å². The van der Waals surface area contributed by atoms with Crippen molar-refractivity contribution in [2.75, 3.05) is 13.2 Å². The molecule has 1 heterocycles. The van der Waals surface area contributed by atoms with Gasteiger partial charge in [-0.05, 0) is 83.5 Å². The van der Waals surface area contributed by atoms with Crippen molar-refractivity contribution in [2.24, 2.45) is 0 Å². The molecule has 6 atom stereocenters. The summed E-state index contributed by atoms with van der Waals surface area (Å²) in [5.41, 5.74) is 0. The topological polar surface area (TPSA) is 175 Å². The summed E-state index contributed by atoms with van der Waals surface area (Å²) in [6, 6.07) is 0. The van der Waals surface area contributed by atoms with Gasteiger partial charge in [-0.2, -0.15) is 0 Å². The van der Waals surface area contributed by atoms with Crippen molar-refractivity contribution < 1.29 is 58.2 Å². The third-order valence-electron chi connectivity index (χ3n) is 13.6. The fraction of sp³-hybridized carbons (Fsp3) is 0.652. The number of carbonyl (C=O) groups is 4. The van der Waals surface area contributed by atoms with Crippen LogP contribution in [0.1, 0.15) is 239 Å². The van der Waals surface area contributed by atoms with Crippen molar-refractivity contribution in [1.29, 1.82) is 0 Å². The molecule has 3 N–H and O–H groups in total. The molecule has 1 fully saturated rings. The minimum Gasteiger partial charge on any atom is -0.479 e. The van der Waals surface area contributed by atoms with Crippen molar-refractivity contribution in [3.63, 3.8) is 0 Å². The molecule has 0 aromatic rings. The number of carboxylic acid groups (broad SMARTS) is 1. The number of allylic oxidation sites excluding steroid dienone is 19. The summed E-state index contributed by atoms with van der Waals surface area (Å²) in [5.74, 6) is -3.37. The fourth-order valence-electron chi connectivity index (χ4n) is 8.83. The van der Waals surface area contributed by atoms with Crippen LogP contribution in [0.5, 0.6) is 0 Å². The van der Waals surface area contributed by atoms with Crippen LogP contribution in [0, 0.1) is 0 Å². The van der Waals surface area contributed by atoms with Crippen molar-refractivity contribution in [3.8, 4) is 0 Å². The van der Waals surface area contributed by atoms with E-state index < -0.39 is 67.3 Å². The van der Waals surface area contributed by atoms with E-state index >= 15 is 0 Å². The molecule has 0 saturated carbocycles. The number of aliphatic hydroxyl groups is 2. The van der Waals surface area contributed by atoms with Gasteiger partial charge in [0.25, 0.3) is 0 Å². The predicted octanol–water partition coefficient (Wildman–Crippen LogP) is 16.8. The number of esters is 3. The molecule has 0 aromatic heterocycles. The first-order valence-electron chi connectivity index (χ1n) is 31.5. The Morgan fingerprint density at radius 3 is 1.23 bits per heavy atom. The fourth-order valence-corrected chi connectivity index (χ4v) is 8.83. The minimum atomic E-state index is -1.93. The van der Waals surface area contributed by atoms with Crippen molar-refractivity contribution in [2.45, 2.75) is 276 Å². The van der Waals surface area contributed by atoms with E-state index in [0.29, 0.717) is 25.7 Å². The van der Waals surface area contributed by atoms with Gasteiger partial charge in [0.15, 0.2) is 24.6 Å². The maximum absolute atomic E-state index is 13.1. The molecule has 0 aromatic carbocycles. The number of unbranched alkanes of at least 4 members (excludes halogenated alkanes) is 19. The number of carbonyl (C=O) groups excluding carboxylic acids is 3. The molecule has 458 valence electrons. The largest absolute Gasteiger partial charge is 0.479 e. The van der Waals surface area contributed by atoms with Gasteiger partial charge in [-0.15, -0.1) is 0 Å². The van der Waals surface area contributed by atoms with E-state index in [4.69, 9.17) is 23.7 Å². The highest BCUT2D eigenvalue weighted by atomic mass is 16.7. The highest BCUT2D eigenvalue weighted by molar-refractivity contribution is 5.74. The quantitative estimate of drug-likeness (QED) is 0.0228. The lowest BCUT2D eigenvalue weighted by Gasteiger charge is -2.40. The zero-order valence-corrected chi connectivity index (χ0v) is 50.5. The van der Waals surface area contributed by atoms with Crippen LogP contribution in [0.15, 0.2) is 122 Å². The number of aliphatic hydroxyl groups excluding tert-OH is 2. The van der Waals surface area contributed by atoms with Crippen LogP contribution in [-0.2, 0) is 42.9 Å².